The minimum Gasteiger partial charge on any atom is -0.364 e. The molecule has 1 amide bonds. The fourth-order valence-electron chi connectivity index (χ4n) is 1.67. The Bertz CT molecular complexity index is 545. The average Bonchev–Trinajstić information content (AvgIpc) is 2.78. The number of hydrogen-bond donors (Lipinski definition) is 2. The minimum atomic E-state index is -0.540. The standard InChI is InChI=1S/C12H14N4O/c1-8(13)9-4-2-3-5-11(9)16-7-6-10(15-16)12(14)17/h2-8H,13H2,1H3,(H2,14,17)/t8-/m1/s1. The van der Waals surface area contributed by atoms with E-state index in [1.54, 1.807) is 16.9 Å². The molecule has 5 heteroatoms. The van der Waals surface area contributed by atoms with Crippen LogP contribution in [0.4, 0.5) is 0 Å². The van der Waals surface area contributed by atoms with Gasteiger partial charge in [0.15, 0.2) is 0 Å². The van der Waals surface area contributed by atoms with Crippen molar-refractivity contribution in [2.75, 3.05) is 0 Å². The van der Waals surface area contributed by atoms with Gasteiger partial charge in [-0.1, -0.05) is 18.2 Å². The third kappa shape index (κ3) is 2.19. The SMILES string of the molecule is C[C@@H](N)c1ccccc1-n1ccc(C(N)=O)n1. The van der Waals surface area contributed by atoms with E-state index in [-0.39, 0.29) is 11.7 Å². The summed E-state index contributed by atoms with van der Waals surface area (Å²) >= 11 is 0. The topological polar surface area (TPSA) is 86.9 Å². The van der Waals surface area contributed by atoms with Gasteiger partial charge < -0.3 is 11.5 Å². The zero-order valence-electron chi connectivity index (χ0n) is 9.50. The first-order valence-corrected chi connectivity index (χ1v) is 5.30. The first kappa shape index (κ1) is 11.3. The van der Waals surface area contributed by atoms with Gasteiger partial charge in [0, 0.05) is 12.2 Å². The van der Waals surface area contributed by atoms with Crippen LogP contribution < -0.4 is 11.5 Å². The van der Waals surface area contributed by atoms with Gasteiger partial charge in [-0.2, -0.15) is 5.10 Å². The predicted molar refractivity (Wildman–Crippen MR) is 64.7 cm³/mol. The Morgan fingerprint density at radius 1 is 1.35 bits per heavy atom. The first-order valence-electron chi connectivity index (χ1n) is 5.30. The molecule has 0 aliphatic rings. The number of nitrogens with two attached hydrogens (primary N) is 2. The van der Waals surface area contributed by atoms with Gasteiger partial charge in [-0.05, 0) is 24.6 Å². The zero-order valence-corrected chi connectivity index (χ0v) is 9.50. The molecular formula is C12H14N4O. The van der Waals surface area contributed by atoms with Gasteiger partial charge in [0.25, 0.3) is 5.91 Å². The fraction of sp³-hybridized carbons (Fsp3) is 0.167. The minimum absolute atomic E-state index is 0.104. The Hall–Kier alpha value is -2.14. The van der Waals surface area contributed by atoms with Crippen LogP contribution in [0.2, 0.25) is 0 Å². The van der Waals surface area contributed by atoms with Gasteiger partial charge in [0.05, 0.1) is 5.69 Å². The van der Waals surface area contributed by atoms with Crippen LogP contribution in [-0.4, -0.2) is 15.7 Å². The van der Waals surface area contributed by atoms with Gasteiger partial charge in [0.1, 0.15) is 5.69 Å². The number of benzene rings is 1. The average molecular weight is 230 g/mol. The van der Waals surface area contributed by atoms with Crippen LogP contribution in [-0.2, 0) is 0 Å². The normalized spacial score (nSPS) is 12.4. The summed E-state index contributed by atoms with van der Waals surface area (Å²) in [5, 5.41) is 4.11. The highest BCUT2D eigenvalue weighted by Gasteiger charge is 2.10. The van der Waals surface area contributed by atoms with E-state index in [1.807, 2.05) is 31.2 Å². The number of aromatic nitrogens is 2. The molecule has 1 aromatic heterocycles. The van der Waals surface area contributed by atoms with Crippen molar-refractivity contribution in [3.05, 3.63) is 47.8 Å². The van der Waals surface area contributed by atoms with Crippen LogP contribution >= 0.6 is 0 Å². The molecule has 2 aromatic rings. The Labute approximate surface area is 99.0 Å². The van der Waals surface area contributed by atoms with Gasteiger partial charge in [-0.3, -0.25) is 4.79 Å². The van der Waals surface area contributed by atoms with Crippen molar-refractivity contribution in [3.8, 4) is 5.69 Å². The summed E-state index contributed by atoms with van der Waals surface area (Å²) in [6, 6.07) is 9.13. The summed E-state index contributed by atoms with van der Waals surface area (Å²) in [4.78, 5) is 11.0. The van der Waals surface area contributed by atoms with Crippen molar-refractivity contribution in [2.24, 2.45) is 11.5 Å². The van der Waals surface area contributed by atoms with Gasteiger partial charge >= 0.3 is 0 Å². The van der Waals surface area contributed by atoms with E-state index in [2.05, 4.69) is 5.10 Å². The molecule has 0 spiro atoms. The van der Waals surface area contributed by atoms with Crippen molar-refractivity contribution in [3.63, 3.8) is 0 Å². The van der Waals surface area contributed by atoms with Gasteiger partial charge in [-0.15, -0.1) is 0 Å². The maximum Gasteiger partial charge on any atom is 0.269 e. The van der Waals surface area contributed by atoms with Crippen molar-refractivity contribution in [1.82, 2.24) is 9.78 Å². The van der Waals surface area contributed by atoms with Crippen molar-refractivity contribution < 1.29 is 4.79 Å². The number of hydrogen-bond acceptors (Lipinski definition) is 3. The van der Waals surface area contributed by atoms with Crippen LogP contribution in [0.25, 0.3) is 5.69 Å². The molecule has 0 unspecified atom stereocenters. The molecule has 5 nitrogen and oxygen atoms in total. The van der Waals surface area contributed by atoms with Crippen LogP contribution in [0.15, 0.2) is 36.5 Å². The lowest BCUT2D eigenvalue weighted by Crippen LogP contribution is -2.13. The zero-order chi connectivity index (χ0) is 12.4. The molecular weight excluding hydrogens is 216 g/mol. The van der Waals surface area contributed by atoms with Crippen LogP contribution in [0.1, 0.15) is 29.0 Å². The number of nitrogens with zero attached hydrogens (tertiary/aromatic N) is 2. The third-order valence-electron chi connectivity index (χ3n) is 2.52. The first-order chi connectivity index (χ1) is 8.09. The maximum absolute atomic E-state index is 11.0. The summed E-state index contributed by atoms with van der Waals surface area (Å²) in [6.45, 7) is 1.90. The van der Waals surface area contributed by atoms with E-state index in [1.165, 1.54) is 0 Å². The summed E-state index contributed by atoms with van der Waals surface area (Å²) in [6.07, 6.45) is 1.70. The number of carbonyl (C=O) groups is 1. The molecule has 0 saturated heterocycles. The lowest BCUT2D eigenvalue weighted by Gasteiger charge is -2.12. The molecule has 1 aromatic carbocycles. The van der Waals surface area contributed by atoms with E-state index in [0.717, 1.165) is 11.3 Å². The Morgan fingerprint density at radius 2 is 2.06 bits per heavy atom. The second-order valence-corrected chi connectivity index (χ2v) is 3.86. The molecule has 17 heavy (non-hydrogen) atoms. The number of primary amides is 1. The molecule has 0 aliphatic heterocycles. The van der Waals surface area contributed by atoms with E-state index in [0.29, 0.717) is 0 Å². The van der Waals surface area contributed by atoms with Gasteiger partial charge in [-0.25, -0.2) is 4.68 Å². The molecule has 1 heterocycles. The monoisotopic (exact) mass is 230 g/mol. The highest BCUT2D eigenvalue weighted by molar-refractivity contribution is 5.90. The second kappa shape index (κ2) is 4.39. The quantitative estimate of drug-likeness (QED) is 0.824. The summed E-state index contributed by atoms with van der Waals surface area (Å²) in [7, 11) is 0. The smallest absolute Gasteiger partial charge is 0.269 e. The van der Waals surface area contributed by atoms with Crippen molar-refractivity contribution in [2.45, 2.75) is 13.0 Å². The van der Waals surface area contributed by atoms with Crippen molar-refractivity contribution >= 4 is 5.91 Å². The van der Waals surface area contributed by atoms with Crippen LogP contribution in [0.5, 0.6) is 0 Å². The van der Waals surface area contributed by atoms with E-state index in [9.17, 15) is 4.79 Å². The summed E-state index contributed by atoms with van der Waals surface area (Å²) < 4.78 is 1.61. The highest BCUT2D eigenvalue weighted by Crippen LogP contribution is 2.19. The molecule has 0 saturated carbocycles. The number of para-hydroxylation sites is 1. The summed E-state index contributed by atoms with van der Waals surface area (Å²) in [5.41, 5.74) is 13.1. The molecule has 1 atom stereocenters. The molecule has 0 radical (unpaired) electrons. The Balaban J connectivity index is 2.48. The molecule has 4 N–H and O–H groups in total. The molecule has 0 fully saturated rings. The lowest BCUT2D eigenvalue weighted by molar-refractivity contribution is 0.0995. The van der Waals surface area contributed by atoms with E-state index < -0.39 is 5.91 Å². The molecule has 0 aliphatic carbocycles. The lowest BCUT2D eigenvalue weighted by atomic mass is 10.1. The number of carbonyl (C=O) groups excluding carboxylic acids is 1. The number of amides is 1. The largest absolute Gasteiger partial charge is 0.364 e. The van der Waals surface area contributed by atoms with Crippen LogP contribution in [0.3, 0.4) is 0 Å². The highest BCUT2D eigenvalue weighted by atomic mass is 16.1. The third-order valence-corrected chi connectivity index (χ3v) is 2.52. The molecule has 2 rings (SSSR count). The fourth-order valence-corrected chi connectivity index (χ4v) is 1.67. The van der Waals surface area contributed by atoms with E-state index in [4.69, 9.17) is 11.5 Å². The number of rotatable bonds is 3. The van der Waals surface area contributed by atoms with Crippen molar-refractivity contribution in [1.29, 1.82) is 0 Å². The Morgan fingerprint density at radius 3 is 2.65 bits per heavy atom. The maximum atomic E-state index is 11.0. The Kier molecular flexibility index (Phi) is 2.93. The summed E-state index contributed by atoms with van der Waals surface area (Å²) in [5.74, 6) is -0.540. The predicted octanol–water partition coefficient (Wildman–Crippen LogP) is 0.991. The molecule has 0 bridgehead atoms. The molecule has 88 valence electrons. The second-order valence-electron chi connectivity index (χ2n) is 3.86. The van der Waals surface area contributed by atoms with E-state index >= 15 is 0 Å². The van der Waals surface area contributed by atoms with Gasteiger partial charge in [0.2, 0.25) is 0 Å². The van der Waals surface area contributed by atoms with Crippen LogP contribution in [0, 0.1) is 0 Å².